The van der Waals surface area contributed by atoms with Crippen molar-refractivity contribution < 1.29 is 4.74 Å². The standard InChI is InChI=1S/C11H24N2O/c1-4-11(9-14-3)13-7-5-10(2)12-6-8-13/h10-12H,4-9H2,1-3H3. The molecular formula is C11H24N2O. The van der Waals surface area contributed by atoms with E-state index in [0.29, 0.717) is 12.1 Å². The van der Waals surface area contributed by atoms with E-state index < -0.39 is 0 Å². The topological polar surface area (TPSA) is 24.5 Å². The van der Waals surface area contributed by atoms with Gasteiger partial charge in [0.25, 0.3) is 0 Å². The molecule has 1 aliphatic heterocycles. The van der Waals surface area contributed by atoms with Crippen LogP contribution in [-0.4, -0.2) is 50.3 Å². The van der Waals surface area contributed by atoms with Crippen LogP contribution in [0.25, 0.3) is 0 Å². The van der Waals surface area contributed by atoms with Gasteiger partial charge < -0.3 is 10.1 Å². The summed E-state index contributed by atoms with van der Waals surface area (Å²) in [6, 6.07) is 1.27. The molecule has 0 saturated carbocycles. The van der Waals surface area contributed by atoms with Gasteiger partial charge in [0.2, 0.25) is 0 Å². The van der Waals surface area contributed by atoms with Crippen molar-refractivity contribution in [3.05, 3.63) is 0 Å². The second-order valence-corrected chi connectivity index (χ2v) is 4.20. The molecule has 1 fully saturated rings. The SMILES string of the molecule is CCC(COC)N1CCNC(C)CC1. The number of nitrogens with zero attached hydrogens (tertiary/aromatic N) is 1. The Morgan fingerprint density at radius 1 is 1.50 bits per heavy atom. The fourth-order valence-corrected chi connectivity index (χ4v) is 2.07. The van der Waals surface area contributed by atoms with E-state index >= 15 is 0 Å². The first-order valence-corrected chi connectivity index (χ1v) is 5.74. The first-order chi connectivity index (χ1) is 6.77. The second-order valence-electron chi connectivity index (χ2n) is 4.20. The fourth-order valence-electron chi connectivity index (χ4n) is 2.07. The van der Waals surface area contributed by atoms with Crippen molar-refractivity contribution in [3.8, 4) is 0 Å². The molecule has 1 saturated heterocycles. The lowest BCUT2D eigenvalue weighted by molar-refractivity contribution is 0.0913. The maximum absolute atomic E-state index is 5.25. The second kappa shape index (κ2) is 6.38. The quantitative estimate of drug-likeness (QED) is 0.735. The molecule has 0 amide bonds. The minimum Gasteiger partial charge on any atom is -0.383 e. The Morgan fingerprint density at radius 2 is 2.29 bits per heavy atom. The summed E-state index contributed by atoms with van der Waals surface area (Å²) in [5.41, 5.74) is 0. The van der Waals surface area contributed by atoms with Crippen LogP contribution in [0.5, 0.6) is 0 Å². The highest BCUT2D eigenvalue weighted by Gasteiger charge is 2.19. The molecule has 0 aliphatic carbocycles. The average molecular weight is 200 g/mol. The first kappa shape index (κ1) is 12.0. The molecule has 84 valence electrons. The van der Waals surface area contributed by atoms with Crippen LogP contribution in [-0.2, 0) is 4.74 Å². The minimum atomic E-state index is 0.604. The van der Waals surface area contributed by atoms with Crippen LogP contribution >= 0.6 is 0 Å². The lowest BCUT2D eigenvalue weighted by Crippen LogP contribution is -2.40. The summed E-state index contributed by atoms with van der Waals surface area (Å²) in [5.74, 6) is 0. The third-order valence-electron chi connectivity index (χ3n) is 3.09. The zero-order valence-corrected chi connectivity index (χ0v) is 9.75. The van der Waals surface area contributed by atoms with Crippen LogP contribution < -0.4 is 5.32 Å². The van der Waals surface area contributed by atoms with E-state index in [0.717, 1.165) is 19.7 Å². The summed E-state index contributed by atoms with van der Waals surface area (Å²) in [6.45, 7) is 8.85. The van der Waals surface area contributed by atoms with Gasteiger partial charge in [0.05, 0.1) is 6.61 Å². The fraction of sp³-hybridized carbons (Fsp3) is 1.00. The molecule has 3 heteroatoms. The highest BCUT2D eigenvalue weighted by Crippen LogP contribution is 2.09. The number of nitrogens with one attached hydrogen (secondary N) is 1. The lowest BCUT2D eigenvalue weighted by atomic mass is 10.2. The van der Waals surface area contributed by atoms with E-state index in [1.807, 2.05) is 0 Å². The normalized spacial score (nSPS) is 27.2. The average Bonchev–Trinajstić information content (AvgIpc) is 2.40. The van der Waals surface area contributed by atoms with Crippen LogP contribution in [0.3, 0.4) is 0 Å². The Hall–Kier alpha value is -0.120. The molecule has 0 radical (unpaired) electrons. The van der Waals surface area contributed by atoms with Gasteiger partial charge in [-0.1, -0.05) is 6.92 Å². The monoisotopic (exact) mass is 200 g/mol. The van der Waals surface area contributed by atoms with Gasteiger partial charge in [-0.3, -0.25) is 4.90 Å². The maximum Gasteiger partial charge on any atom is 0.0617 e. The van der Waals surface area contributed by atoms with E-state index in [1.165, 1.54) is 19.4 Å². The van der Waals surface area contributed by atoms with Crippen LogP contribution in [0.4, 0.5) is 0 Å². The molecule has 14 heavy (non-hydrogen) atoms. The molecule has 0 aromatic heterocycles. The van der Waals surface area contributed by atoms with Crippen LogP contribution in [0.1, 0.15) is 26.7 Å². The zero-order chi connectivity index (χ0) is 10.4. The van der Waals surface area contributed by atoms with Crippen molar-refractivity contribution >= 4 is 0 Å². The molecule has 2 atom stereocenters. The highest BCUT2D eigenvalue weighted by molar-refractivity contribution is 4.77. The highest BCUT2D eigenvalue weighted by atomic mass is 16.5. The zero-order valence-electron chi connectivity index (χ0n) is 9.75. The van der Waals surface area contributed by atoms with Crippen molar-refractivity contribution in [1.82, 2.24) is 10.2 Å². The minimum absolute atomic E-state index is 0.604. The Balaban J connectivity index is 2.40. The van der Waals surface area contributed by atoms with Gasteiger partial charge in [-0.2, -0.15) is 0 Å². The van der Waals surface area contributed by atoms with E-state index in [4.69, 9.17) is 4.74 Å². The molecule has 1 N–H and O–H groups in total. The Labute approximate surface area is 87.8 Å². The summed E-state index contributed by atoms with van der Waals surface area (Å²) < 4.78 is 5.25. The smallest absolute Gasteiger partial charge is 0.0617 e. The molecule has 2 unspecified atom stereocenters. The molecule has 3 nitrogen and oxygen atoms in total. The van der Waals surface area contributed by atoms with Crippen LogP contribution in [0.2, 0.25) is 0 Å². The Bertz CT molecular complexity index is 152. The van der Waals surface area contributed by atoms with Crippen LogP contribution in [0.15, 0.2) is 0 Å². The molecule has 1 heterocycles. The van der Waals surface area contributed by atoms with Gasteiger partial charge >= 0.3 is 0 Å². The van der Waals surface area contributed by atoms with Crippen LogP contribution in [0, 0.1) is 0 Å². The van der Waals surface area contributed by atoms with E-state index in [-0.39, 0.29) is 0 Å². The summed E-state index contributed by atoms with van der Waals surface area (Å²) in [4.78, 5) is 2.56. The number of methoxy groups -OCH3 is 1. The van der Waals surface area contributed by atoms with Gasteiger partial charge in [-0.05, 0) is 19.8 Å². The third kappa shape index (κ3) is 3.56. The maximum atomic E-state index is 5.25. The first-order valence-electron chi connectivity index (χ1n) is 5.74. The van der Waals surface area contributed by atoms with Gasteiger partial charge in [0.1, 0.15) is 0 Å². The van der Waals surface area contributed by atoms with Crippen molar-refractivity contribution in [2.24, 2.45) is 0 Å². The van der Waals surface area contributed by atoms with Gasteiger partial charge in [0.15, 0.2) is 0 Å². The molecule has 0 spiro atoms. The van der Waals surface area contributed by atoms with Gasteiger partial charge in [-0.25, -0.2) is 0 Å². The third-order valence-corrected chi connectivity index (χ3v) is 3.09. The van der Waals surface area contributed by atoms with Gasteiger partial charge in [-0.15, -0.1) is 0 Å². The summed E-state index contributed by atoms with van der Waals surface area (Å²) in [5, 5.41) is 3.51. The molecule has 0 aromatic rings. The molecule has 0 bridgehead atoms. The predicted molar refractivity (Wildman–Crippen MR) is 59.6 cm³/mol. The number of hydrogen-bond acceptors (Lipinski definition) is 3. The predicted octanol–water partition coefficient (Wildman–Crippen LogP) is 1.10. The summed E-state index contributed by atoms with van der Waals surface area (Å²) in [6.07, 6.45) is 2.43. The molecular weight excluding hydrogens is 176 g/mol. The van der Waals surface area contributed by atoms with Crippen molar-refractivity contribution in [2.75, 3.05) is 33.4 Å². The van der Waals surface area contributed by atoms with Crippen molar-refractivity contribution in [3.63, 3.8) is 0 Å². The van der Waals surface area contributed by atoms with Crippen molar-refractivity contribution in [2.45, 2.75) is 38.8 Å². The van der Waals surface area contributed by atoms with E-state index in [2.05, 4.69) is 24.1 Å². The van der Waals surface area contributed by atoms with Crippen molar-refractivity contribution in [1.29, 1.82) is 0 Å². The number of rotatable bonds is 4. The largest absolute Gasteiger partial charge is 0.383 e. The summed E-state index contributed by atoms with van der Waals surface area (Å²) >= 11 is 0. The molecule has 1 aliphatic rings. The molecule has 0 aromatic carbocycles. The molecule has 1 rings (SSSR count). The Morgan fingerprint density at radius 3 is 2.93 bits per heavy atom. The van der Waals surface area contributed by atoms with Gasteiger partial charge in [0, 0.05) is 38.8 Å². The lowest BCUT2D eigenvalue weighted by Gasteiger charge is -2.28. The number of hydrogen-bond donors (Lipinski definition) is 1. The Kier molecular flexibility index (Phi) is 5.45. The number of ether oxygens (including phenoxy) is 1. The summed E-state index contributed by atoms with van der Waals surface area (Å²) in [7, 11) is 1.79. The van der Waals surface area contributed by atoms with E-state index in [1.54, 1.807) is 7.11 Å². The van der Waals surface area contributed by atoms with E-state index in [9.17, 15) is 0 Å².